The average Bonchev–Trinajstić information content (AvgIpc) is 2.54. The van der Waals surface area contributed by atoms with Crippen LogP contribution in [0.4, 0.5) is 17.6 Å². The van der Waals surface area contributed by atoms with Crippen LogP contribution < -0.4 is 0 Å². The highest BCUT2D eigenvalue weighted by Gasteiger charge is 2.33. The number of alkyl halides is 3. The molecule has 0 nitrogen and oxygen atoms in total. The molecular formula is C19H18F4. The van der Waals surface area contributed by atoms with Crippen LogP contribution in [-0.4, -0.2) is 0 Å². The minimum absolute atomic E-state index is 0.464. The van der Waals surface area contributed by atoms with Crippen molar-refractivity contribution in [3.05, 3.63) is 59.4 Å². The molecule has 1 aliphatic carbocycles. The molecular weight excluding hydrogens is 304 g/mol. The van der Waals surface area contributed by atoms with E-state index in [1.807, 2.05) is 24.3 Å². The highest BCUT2D eigenvalue weighted by molar-refractivity contribution is 5.64. The van der Waals surface area contributed by atoms with Gasteiger partial charge in [0.2, 0.25) is 0 Å². The van der Waals surface area contributed by atoms with Crippen molar-refractivity contribution in [1.82, 2.24) is 0 Å². The summed E-state index contributed by atoms with van der Waals surface area (Å²) in [4.78, 5) is 0. The van der Waals surface area contributed by atoms with Crippen LogP contribution in [0.3, 0.4) is 0 Å². The van der Waals surface area contributed by atoms with Gasteiger partial charge in [-0.25, -0.2) is 4.39 Å². The third kappa shape index (κ3) is 3.57. The van der Waals surface area contributed by atoms with Gasteiger partial charge in [-0.2, -0.15) is 13.2 Å². The summed E-state index contributed by atoms with van der Waals surface area (Å²) in [5, 5.41) is 0. The third-order valence-corrected chi connectivity index (χ3v) is 4.60. The third-order valence-electron chi connectivity index (χ3n) is 4.60. The Hall–Kier alpha value is -1.84. The minimum atomic E-state index is -4.66. The molecule has 0 N–H and O–H groups in total. The maximum atomic E-state index is 13.7. The van der Waals surface area contributed by atoms with Crippen LogP contribution in [0, 0.1) is 5.82 Å². The smallest absolute Gasteiger partial charge is 0.206 e. The first-order valence-corrected chi connectivity index (χ1v) is 7.92. The molecule has 1 saturated carbocycles. The zero-order valence-electron chi connectivity index (χ0n) is 12.7. The lowest BCUT2D eigenvalue weighted by Crippen LogP contribution is -2.07. The zero-order chi connectivity index (χ0) is 16.4. The Morgan fingerprint density at radius 3 is 1.96 bits per heavy atom. The lowest BCUT2D eigenvalue weighted by molar-refractivity contribution is -0.139. The van der Waals surface area contributed by atoms with E-state index in [1.54, 1.807) is 0 Å². The highest BCUT2D eigenvalue weighted by Crippen LogP contribution is 2.35. The Balaban J connectivity index is 1.83. The van der Waals surface area contributed by atoms with Crippen molar-refractivity contribution in [2.24, 2.45) is 0 Å². The number of halogens is 4. The second kappa shape index (κ2) is 6.34. The zero-order valence-corrected chi connectivity index (χ0v) is 12.7. The molecule has 0 unspecified atom stereocenters. The topological polar surface area (TPSA) is 0 Å². The average molecular weight is 322 g/mol. The Kier molecular flexibility index (Phi) is 4.42. The summed E-state index contributed by atoms with van der Waals surface area (Å²) in [7, 11) is 0. The van der Waals surface area contributed by atoms with Gasteiger partial charge in [-0.15, -0.1) is 0 Å². The van der Waals surface area contributed by atoms with Crippen LogP contribution in [0.1, 0.15) is 49.1 Å². The lowest BCUT2D eigenvalue weighted by Gasteiger charge is -2.22. The molecule has 0 radical (unpaired) electrons. The predicted molar refractivity (Wildman–Crippen MR) is 82.7 cm³/mol. The van der Waals surface area contributed by atoms with Crippen LogP contribution in [0.2, 0.25) is 0 Å². The van der Waals surface area contributed by atoms with Gasteiger partial charge < -0.3 is 0 Å². The van der Waals surface area contributed by atoms with Gasteiger partial charge >= 0.3 is 6.18 Å². The summed E-state index contributed by atoms with van der Waals surface area (Å²) >= 11 is 0. The number of hydrogen-bond acceptors (Lipinski definition) is 0. The molecule has 23 heavy (non-hydrogen) atoms. The van der Waals surface area contributed by atoms with Gasteiger partial charge in [0.05, 0.1) is 5.56 Å². The fourth-order valence-corrected chi connectivity index (χ4v) is 3.31. The quantitative estimate of drug-likeness (QED) is 0.549. The van der Waals surface area contributed by atoms with E-state index < -0.39 is 17.6 Å². The van der Waals surface area contributed by atoms with E-state index >= 15 is 0 Å². The summed E-state index contributed by atoms with van der Waals surface area (Å²) in [6, 6.07) is 10.8. The van der Waals surface area contributed by atoms with E-state index in [4.69, 9.17) is 0 Å². The molecule has 1 fully saturated rings. The van der Waals surface area contributed by atoms with Gasteiger partial charge in [-0.3, -0.25) is 0 Å². The Morgan fingerprint density at radius 2 is 1.39 bits per heavy atom. The van der Waals surface area contributed by atoms with Gasteiger partial charge in [-0.1, -0.05) is 49.6 Å². The summed E-state index contributed by atoms with van der Waals surface area (Å²) in [5.41, 5.74) is 1.24. The van der Waals surface area contributed by atoms with Gasteiger partial charge in [0.15, 0.2) is 0 Å². The summed E-state index contributed by atoms with van der Waals surface area (Å²) in [5.74, 6) is -0.659. The number of benzene rings is 2. The minimum Gasteiger partial charge on any atom is -0.206 e. The lowest BCUT2D eigenvalue weighted by atomic mass is 9.83. The number of hydrogen-bond donors (Lipinski definition) is 0. The molecule has 0 amide bonds. The molecule has 4 heteroatoms. The predicted octanol–water partition coefficient (Wildman–Crippen LogP) is 6.56. The largest absolute Gasteiger partial charge is 0.419 e. The summed E-state index contributed by atoms with van der Waals surface area (Å²) in [6.07, 6.45) is 1.50. The van der Waals surface area contributed by atoms with Crippen molar-refractivity contribution in [3.8, 4) is 11.1 Å². The highest BCUT2D eigenvalue weighted by atomic mass is 19.4. The van der Waals surface area contributed by atoms with E-state index in [0.717, 1.165) is 17.7 Å². The summed E-state index contributed by atoms with van der Waals surface area (Å²) in [6.45, 7) is 0. The van der Waals surface area contributed by atoms with E-state index in [2.05, 4.69) is 0 Å². The molecule has 0 atom stereocenters. The first-order chi connectivity index (χ1) is 10.9. The van der Waals surface area contributed by atoms with Crippen molar-refractivity contribution >= 4 is 0 Å². The number of rotatable bonds is 2. The molecule has 1 aliphatic rings. The second-order valence-electron chi connectivity index (χ2n) is 6.15. The maximum Gasteiger partial charge on any atom is 0.419 e. The molecule has 0 heterocycles. The maximum absolute atomic E-state index is 13.7. The van der Waals surface area contributed by atoms with Crippen molar-refractivity contribution in [1.29, 1.82) is 0 Å². The van der Waals surface area contributed by atoms with Crippen molar-refractivity contribution in [2.45, 2.75) is 44.2 Å². The molecule has 2 aromatic carbocycles. The molecule has 122 valence electrons. The molecule has 0 saturated heterocycles. The molecule has 0 aliphatic heterocycles. The van der Waals surface area contributed by atoms with Crippen LogP contribution in [0.15, 0.2) is 42.5 Å². The van der Waals surface area contributed by atoms with E-state index in [-0.39, 0.29) is 0 Å². The molecule has 3 rings (SSSR count). The summed E-state index contributed by atoms with van der Waals surface area (Å²) < 4.78 is 51.5. The van der Waals surface area contributed by atoms with Gasteiger partial charge in [0.1, 0.15) is 5.82 Å². The first-order valence-electron chi connectivity index (χ1n) is 7.92. The molecule has 0 aromatic heterocycles. The Labute approximate surface area is 133 Å². The van der Waals surface area contributed by atoms with Gasteiger partial charge in [0, 0.05) is 0 Å². The fourth-order valence-electron chi connectivity index (χ4n) is 3.31. The Morgan fingerprint density at radius 1 is 0.783 bits per heavy atom. The molecule has 0 bridgehead atoms. The van der Waals surface area contributed by atoms with Crippen LogP contribution in [0.25, 0.3) is 11.1 Å². The van der Waals surface area contributed by atoms with Crippen molar-refractivity contribution in [3.63, 3.8) is 0 Å². The monoisotopic (exact) mass is 322 g/mol. The standard InChI is InChI=1S/C19H18F4/c20-18-12-16(10-11-17(18)19(21,22)23)15-8-6-14(7-9-15)13-4-2-1-3-5-13/h6-13H,1-5H2. The van der Waals surface area contributed by atoms with E-state index in [0.29, 0.717) is 11.5 Å². The van der Waals surface area contributed by atoms with Crippen LogP contribution in [0.5, 0.6) is 0 Å². The van der Waals surface area contributed by atoms with Crippen molar-refractivity contribution in [2.75, 3.05) is 0 Å². The van der Waals surface area contributed by atoms with E-state index in [1.165, 1.54) is 43.7 Å². The molecule has 0 spiro atoms. The SMILES string of the molecule is Fc1cc(-c2ccc(C3CCCCC3)cc2)ccc1C(F)(F)F. The second-order valence-corrected chi connectivity index (χ2v) is 6.15. The Bertz CT molecular complexity index is 665. The van der Waals surface area contributed by atoms with Crippen molar-refractivity contribution < 1.29 is 17.6 Å². The van der Waals surface area contributed by atoms with Crippen LogP contribution in [-0.2, 0) is 6.18 Å². The first kappa shape index (κ1) is 16.0. The normalized spacial score (nSPS) is 16.5. The fraction of sp³-hybridized carbons (Fsp3) is 0.368. The van der Waals surface area contributed by atoms with Gasteiger partial charge in [0.25, 0.3) is 0 Å². The molecule has 2 aromatic rings. The van der Waals surface area contributed by atoms with Crippen LogP contribution >= 0.6 is 0 Å². The van der Waals surface area contributed by atoms with E-state index in [9.17, 15) is 17.6 Å². The van der Waals surface area contributed by atoms with Gasteiger partial charge in [-0.05, 0) is 47.6 Å².